The van der Waals surface area contributed by atoms with E-state index in [1.54, 1.807) is 0 Å². The van der Waals surface area contributed by atoms with Gasteiger partial charge in [0.25, 0.3) is 0 Å². The molecule has 0 bridgehead atoms. The van der Waals surface area contributed by atoms with Crippen LogP contribution in [0.1, 0.15) is 93.0 Å². The van der Waals surface area contributed by atoms with Crippen LogP contribution in [0.4, 0.5) is 0 Å². The fraction of sp³-hybridized carbons (Fsp3) is 0.273. The number of rotatable bonds is 11. The van der Waals surface area contributed by atoms with Crippen LogP contribution in [0.2, 0.25) is 0 Å². The lowest BCUT2D eigenvalue weighted by Crippen LogP contribution is -2.20. The molecule has 0 spiro atoms. The highest BCUT2D eigenvalue weighted by Crippen LogP contribution is 2.43. The highest BCUT2D eigenvalue weighted by atomic mass is 14.8. The van der Waals surface area contributed by atoms with E-state index in [-0.39, 0.29) is 0 Å². The smallest absolute Gasteiger partial charge is 0.0773 e. The summed E-state index contributed by atoms with van der Waals surface area (Å²) in [6.45, 7) is 10.8. The lowest BCUT2D eigenvalue weighted by molar-refractivity contribution is 0.354. The molecule has 5 aliphatic carbocycles. The first-order valence-corrected chi connectivity index (χ1v) is 21.2. The highest BCUT2D eigenvalue weighted by Gasteiger charge is 2.29. The zero-order chi connectivity index (χ0) is 39.0. The summed E-state index contributed by atoms with van der Waals surface area (Å²) >= 11 is 0. The molecule has 286 valence electrons. The maximum absolute atomic E-state index is 5.39. The normalized spacial score (nSPS) is 25.1. The third kappa shape index (κ3) is 9.02. The predicted molar refractivity (Wildman–Crippen MR) is 243 cm³/mol. The summed E-state index contributed by atoms with van der Waals surface area (Å²) in [5.41, 5.74) is 14.2. The van der Waals surface area contributed by atoms with Crippen LogP contribution >= 0.6 is 0 Å². The standard InChI is InChI=1S/C55H56N2/c1-4-16-52(44-31-28-43(29-32-44)41-17-7-5-8-18-41)39(2)35-54(45-20-9-6-10-21-45)57-40(3)46-23-13-24-48(36-46)49-25-14-26-51(38-49)55-53(27-15-34-56-55)50-33-30-42-19-11-12-22-47(42)37-50/h4-11,14-21,23,26-28,31-35,38,42-43,47-49H,1-2,12-13,22,24-25,29-30,36-37H2,3H3/b52-16-,54-35-,57-40+. The molecule has 3 aromatic rings. The van der Waals surface area contributed by atoms with Crippen LogP contribution in [-0.4, -0.2) is 10.7 Å². The van der Waals surface area contributed by atoms with E-state index >= 15 is 0 Å². The van der Waals surface area contributed by atoms with Gasteiger partial charge in [0.15, 0.2) is 0 Å². The summed E-state index contributed by atoms with van der Waals surface area (Å²) < 4.78 is 0. The molecule has 2 aromatic carbocycles. The Morgan fingerprint density at radius 1 is 0.789 bits per heavy atom. The molecule has 0 radical (unpaired) electrons. The molecule has 5 unspecified atom stereocenters. The number of benzene rings is 2. The van der Waals surface area contributed by atoms with Gasteiger partial charge in [-0.2, -0.15) is 0 Å². The second-order valence-corrected chi connectivity index (χ2v) is 16.4. The fourth-order valence-electron chi connectivity index (χ4n) is 9.59. The Morgan fingerprint density at radius 3 is 2.40 bits per heavy atom. The van der Waals surface area contributed by atoms with Crippen molar-refractivity contribution in [3.63, 3.8) is 0 Å². The molecule has 5 atom stereocenters. The first-order chi connectivity index (χ1) is 28.0. The minimum absolute atomic E-state index is 0.379. The Kier molecular flexibility index (Phi) is 12.2. The average molecular weight is 745 g/mol. The zero-order valence-electron chi connectivity index (χ0n) is 33.6. The number of aromatic nitrogens is 1. The molecule has 2 nitrogen and oxygen atoms in total. The summed E-state index contributed by atoms with van der Waals surface area (Å²) in [5.74, 6) is 2.86. The first kappa shape index (κ1) is 38.3. The van der Waals surface area contributed by atoms with Crippen molar-refractivity contribution in [1.29, 1.82) is 0 Å². The summed E-state index contributed by atoms with van der Waals surface area (Å²) in [5, 5.41) is 0. The summed E-state index contributed by atoms with van der Waals surface area (Å²) in [6, 6.07) is 25.7. The van der Waals surface area contributed by atoms with Crippen LogP contribution in [-0.2, 0) is 0 Å². The maximum atomic E-state index is 5.39. The number of aliphatic imine (C=N–C) groups is 1. The zero-order valence-corrected chi connectivity index (χ0v) is 33.6. The SMILES string of the molecule is C=C/C=C(/C(=C)/C=C(\N=C(/C)C1=CCCC(C2C=C(c3ncccc3C3=CCC4C=CCCC4C3)C=CC2)C1)c1ccccc1)C1=CCC(c2ccccc2)C=C1. The number of fused-ring (bicyclic) bond motifs is 1. The van der Waals surface area contributed by atoms with Gasteiger partial charge in [0, 0.05) is 29.0 Å². The molecule has 8 rings (SSSR count). The summed E-state index contributed by atoms with van der Waals surface area (Å²) in [4.78, 5) is 10.4. The molecule has 0 aliphatic heterocycles. The molecule has 1 heterocycles. The molecule has 0 saturated carbocycles. The van der Waals surface area contributed by atoms with E-state index in [1.807, 2.05) is 12.3 Å². The third-order valence-electron chi connectivity index (χ3n) is 12.8. The largest absolute Gasteiger partial charge is 0.256 e. The van der Waals surface area contributed by atoms with Crippen LogP contribution in [0.25, 0.3) is 16.8 Å². The van der Waals surface area contributed by atoms with Gasteiger partial charge in [-0.05, 0) is 140 Å². The molecule has 0 amide bonds. The number of nitrogens with zero attached hydrogens (tertiary/aromatic N) is 2. The Labute approximate surface area is 341 Å². The van der Waals surface area contributed by atoms with Gasteiger partial charge in [-0.25, -0.2) is 0 Å². The molecule has 5 aliphatic rings. The molecule has 1 aromatic heterocycles. The molecular formula is C55H56N2. The van der Waals surface area contributed by atoms with E-state index in [0.717, 1.165) is 78.3 Å². The van der Waals surface area contributed by atoms with Crippen molar-refractivity contribution in [3.8, 4) is 0 Å². The van der Waals surface area contributed by atoms with Gasteiger partial charge in [0.1, 0.15) is 0 Å². The second kappa shape index (κ2) is 18.1. The second-order valence-electron chi connectivity index (χ2n) is 16.4. The van der Waals surface area contributed by atoms with Crippen LogP contribution in [0.15, 0.2) is 198 Å². The Balaban J connectivity index is 1.01. The fourth-order valence-corrected chi connectivity index (χ4v) is 9.59. The number of hydrogen-bond acceptors (Lipinski definition) is 2. The highest BCUT2D eigenvalue weighted by molar-refractivity contribution is 6.01. The molecule has 0 N–H and O–H groups in total. The van der Waals surface area contributed by atoms with E-state index in [0.29, 0.717) is 23.7 Å². The first-order valence-electron chi connectivity index (χ1n) is 21.2. The summed E-state index contributed by atoms with van der Waals surface area (Å²) in [6.07, 6.45) is 42.1. The van der Waals surface area contributed by atoms with E-state index in [2.05, 4.69) is 166 Å². The van der Waals surface area contributed by atoms with E-state index in [4.69, 9.17) is 9.98 Å². The molecular weight excluding hydrogens is 689 g/mol. The van der Waals surface area contributed by atoms with Crippen molar-refractivity contribution in [2.45, 2.75) is 70.6 Å². The van der Waals surface area contributed by atoms with Gasteiger partial charge >= 0.3 is 0 Å². The Hall–Kier alpha value is -5.60. The van der Waals surface area contributed by atoms with Gasteiger partial charge in [-0.1, -0.05) is 153 Å². The van der Waals surface area contributed by atoms with Crippen molar-refractivity contribution in [1.82, 2.24) is 4.98 Å². The van der Waals surface area contributed by atoms with Crippen molar-refractivity contribution >= 4 is 22.6 Å². The average Bonchev–Trinajstić information content (AvgIpc) is 3.28. The third-order valence-corrected chi connectivity index (χ3v) is 12.8. The lowest BCUT2D eigenvalue weighted by Gasteiger charge is -2.33. The van der Waals surface area contributed by atoms with E-state index in [9.17, 15) is 0 Å². The van der Waals surface area contributed by atoms with Crippen LogP contribution in [0, 0.1) is 23.7 Å². The predicted octanol–water partition coefficient (Wildman–Crippen LogP) is 14.4. The van der Waals surface area contributed by atoms with Gasteiger partial charge in [-0.3, -0.25) is 9.98 Å². The van der Waals surface area contributed by atoms with Crippen molar-refractivity contribution in [3.05, 3.63) is 216 Å². The molecule has 2 heteroatoms. The molecule has 0 fully saturated rings. The minimum atomic E-state index is 0.379. The Morgan fingerprint density at radius 2 is 1.60 bits per heavy atom. The van der Waals surface area contributed by atoms with Gasteiger partial charge in [0.05, 0.1) is 11.4 Å². The van der Waals surface area contributed by atoms with Crippen molar-refractivity contribution in [2.75, 3.05) is 0 Å². The topological polar surface area (TPSA) is 25.2 Å². The maximum Gasteiger partial charge on any atom is 0.0773 e. The molecule has 0 saturated heterocycles. The van der Waals surface area contributed by atoms with Crippen LogP contribution < -0.4 is 0 Å². The van der Waals surface area contributed by atoms with Crippen molar-refractivity contribution in [2.24, 2.45) is 28.7 Å². The van der Waals surface area contributed by atoms with Crippen LogP contribution in [0.3, 0.4) is 0 Å². The van der Waals surface area contributed by atoms with Gasteiger partial charge in [-0.15, -0.1) is 0 Å². The Bertz CT molecular complexity index is 2280. The van der Waals surface area contributed by atoms with Crippen molar-refractivity contribution < 1.29 is 0 Å². The van der Waals surface area contributed by atoms with E-state index in [1.165, 1.54) is 52.7 Å². The quantitative estimate of drug-likeness (QED) is 0.109. The molecule has 57 heavy (non-hydrogen) atoms. The van der Waals surface area contributed by atoms with Gasteiger partial charge < -0.3 is 0 Å². The van der Waals surface area contributed by atoms with Gasteiger partial charge in [0.2, 0.25) is 0 Å². The number of allylic oxidation sites excluding steroid dienone is 19. The number of pyridine rings is 1. The minimum Gasteiger partial charge on any atom is -0.256 e. The van der Waals surface area contributed by atoms with E-state index < -0.39 is 0 Å². The lowest BCUT2D eigenvalue weighted by atomic mass is 9.72. The number of hydrogen-bond donors (Lipinski definition) is 0. The summed E-state index contributed by atoms with van der Waals surface area (Å²) in [7, 11) is 0. The van der Waals surface area contributed by atoms with Crippen LogP contribution in [0.5, 0.6) is 0 Å². The monoisotopic (exact) mass is 744 g/mol.